The average molecular weight is 310 g/mol. The summed E-state index contributed by atoms with van der Waals surface area (Å²) in [4.78, 5) is 10.7. The smallest absolute Gasteiger partial charge is 0.304 e. The summed E-state index contributed by atoms with van der Waals surface area (Å²) >= 11 is 9.18. The van der Waals surface area contributed by atoms with Gasteiger partial charge in [0.1, 0.15) is 5.82 Å². The number of hydrogen-bond donors (Lipinski definition) is 1. The normalized spacial score (nSPS) is 11.6. The highest BCUT2D eigenvalue weighted by atomic mass is 79.9. The summed E-state index contributed by atoms with van der Waals surface area (Å²) in [6.07, 6.45) is -0.180. The molecule has 1 aromatic rings. The van der Waals surface area contributed by atoms with Crippen molar-refractivity contribution in [1.29, 1.82) is 0 Å². The van der Waals surface area contributed by atoms with Crippen molar-refractivity contribution in [2.24, 2.45) is 0 Å². The Morgan fingerprint density at radius 2 is 2.12 bits per heavy atom. The molecule has 88 valence electrons. The Morgan fingerprint density at radius 3 is 2.62 bits per heavy atom. The van der Waals surface area contributed by atoms with Gasteiger partial charge in [-0.05, 0) is 28.1 Å². The number of hydrogen-bond acceptors (Lipinski definition) is 1. The fourth-order valence-electron chi connectivity index (χ4n) is 1.61. The zero-order valence-corrected chi connectivity index (χ0v) is 11.2. The van der Waals surface area contributed by atoms with Gasteiger partial charge in [-0.1, -0.05) is 25.4 Å². The molecular formula is C11H11BrClFO2. The number of rotatable bonds is 3. The van der Waals surface area contributed by atoms with Crippen molar-refractivity contribution in [3.63, 3.8) is 0 Å². The van der Waals surface area contributed by atoms with E-state index in [1.54, 1.807) is 13.8 Å². The number of carboxylic acids is 1. The van der Waals surface area contributed by atoms with Gasteiger partial charge in [-0.2, -0.15) is 0 Å². The maximum absolute atomic E-state index is 13.7. The Hall–Kier alpha value is -0.610. The molecule has 0 fully saturated rings. The second kappa shape index (κ2) is 4.72. The first-order chi connectivity index (χ1) is 7.25. The van der Waals surface area contributed by atoms with E-state index in [4.69, 9.17) is 16.7 Å². The van der Waals surface area contributed by atoms with Gasteiger partial charge in [0.05, 0.1) is 11.4 Å². The molecule has 16 heavy (non-hydrogen) atoms. The molecule has 0 spiro atoms. The van der Waals surface area contributed by atoms with Crippen molar-refractivity contribution in [2.75, 3.05) is 0 Å². The summed E-state index contributed by atoms with van der Waals surface area (Å²) in [6.45, 7) is 3.30. The average Bonchev–Trinajstić information content (AvgIpc) is 2.09. The van der Waals surface area contributed by atoms with Crippen molar-refractivity contribution >= 4 is 33.5 Å². The maximum Gasteiger partial charge on any atom is 0.304 e. The molecule has 0 aliphatic rings. The predicted octanol–water partition coefficient (Wildman–Crippen LogP) is 3.99. The van der Waals surface area contributed by atoms with Crippen molar-refractivity contribution in [3.05, 3.63) is 33.0 Å². The van der Waals surface area contributed by atoms with Gasteiger partial charge in [-0.25, -0.2) is 4.39 Å². The highest BCUT2D eigenvalue weighted by molar-refractivity contribution is 9.10. The third-order valence-electron chi connectivity index (χ3n) is 2.31. The molecule has 0 unspecified atom stereocenters. The lowest BCUT2D eigenvalue weighted by atomic mass is 9.81. The van der Waals surface area contributed by atoms with Crippen LogP contribution in [0.5, 0.6) is 0 Å². The summed E-state index contributed by atoms with van der Waals surface area (Å²) < 4.78 is 14.2. The predicted molar refractivity (Wildman–Crippen MR) is 64.4 cm³/mol. The fraction of sp³-hybridized carbons (Fsp3) is 0.364. The summed E-state index contributed by atoms with van der Waals surface area (Å²) in [5.41, 5.74) is -0.623. The number of aliphatic carboxylic acids is 1. The van der Waals surface area contributed by atoms with Crippen molar-refractivity contribution in [2.45, 2.75) is 25.7 Å². The molecule has 1 aromatic carbocycles. The third kappa shape index (κ3) is 2.74. The van der Waals surface area contributed by atoms with E-state index in [-0.39, 0.29) is 17.0 Å². The van der Waals surface area contributed by atoms with Gasteiger partial charge in [-0.3, -0.25) is 4.79 Å². The van der Waals surface area contributed by atoms with Crippen LogP contribution in [0, 0.1) is 5.82 Å². The topological polar surface area (TPSA) is 37.3 Å². The standard InChI is InChI=1S/C11H11BrClFO2/c1-11(2,5-8(15)16)9-7(14)4-3-6(12)10(9)13/h3-4H,5H2,1-2H3,(H,15,16). The fourth-order valence-corrected chi connectivity index (χ4v) is 2.35. The lowest BCUT2D eigenvalue weighted by Crippen LogP contribution is -2.23. The Labute approximate surface area is 107 Å². The minimum atomic E-state index is -0.986. The van der Waals surface area contributed by atoms with E-state index in [0.29, 0.717) is 4.47 Å². The molecule has 2 nitrogen and oxygen atoms in total. The molecule has 1 rings (SSSR count). The van der Waals surface area contributed by atoms with Crippen LogP contribution in [0.2, 0.25) is 5.02 Å². The minimum absolute atomic E-state index is 0.180. The van der Waals surface area contributed by atoms with Gasteiger partial charge < -0.3 is 5.11 Å². The molecular weight excluding hydrogens is 298 g/mol. The molecule has 0 heterocycles. The van der Waals surface area contributed by atoms with Gasteiger partial charge in [0, 0.05) is 15.5 Å². The van der Waals surface area contributed by atoms with Gasteiger partial charge in [0.2, 0.25) is 0 Å². The Kier molecular flexibility index (Phi) is 3.97. The van der Waals surface area contributed by atoms with Crippen molar-refractivity contribution in [1.82, 2.24) is 0 Å². The van der Waals surface area contributed by atoms with Crippen LogP contribution >= 0.6 is 27.5 Å². The molecule has 0 radical (unpaired) electrons. The first-order valence-corrected chi connectivity index (χ1v) is 5.78. The Morgan fingerprint density at radius 1 is 1.56 bits per heavy atom. The monoisotopic (exact) mass is 308 g/mol. The molecule has 0 bridgehead atoms. The molecule has 0 aromatic heterocycles. The lowest BCUT2D eigenvalue weighted by Gasteiger charge is -2.25. The second-order valence-electron chi connectivity index (χ2n) is 4.17. The van der Waals surface area contributed by atoms with Gasteiger partial charge in [-0.15, -0.1) is 0 Å². The molecule has 0 saturated heterocycles. The quantitative estimate of drug-likeness (QED) is 0.857. The van der Waals surface area contributed by atoms with E-state index in [1.807, 2.05) is 0 Å². The van der Waals surface area contributed by atoms with E-state index in [9.17, 15) is 9.18 Å². The zero-order chi connectivity index (χ0) is 12.5. The second-order valence-corrected chi connectivity index (χ2v) is 5.40. The molecule has 0 amide bonds. The molecule has 1 N–H and O–H groups in total. The maximum atomic E-state index is 13.7. The van der Waals surface area contributed by atoms with Crippen LogP contribution in [-0.4, -0.2) is 11.1 Å². The van der Waals surface area contributed by atoms with Gasteiger partial charge >= 0.3 is 5.97 Å². The SMILES string of the molecule is CC(C)(CC(=O)O)c1c(F)ccc(Br)c1Cl. The summed E-state index contributed by atoms with van der Waals surface area (Å²) in [5.74, 6) is -1.47. The largest absolute Gasteiger partial charge is 0.481 e. The first-order valence-electron chi connectivity index (χ1n) is 4.61. The van der Waals surface area contributed by atoms with Crippen LogP contribution in [0.1, 0.15) is 25.8 Å². The molecule has 0 saturated carbocycles. The number of carbonyl (C=O) groups is 1. The Bertz CT molecular complexity index is 432. The van der Waals surface area contributed by atoms with Crippen LogP contribution in [0.4, 0.5) is 4.39 Å². The van der Waals surface area contributed by atoms with E-state index in [0.717, 1.165) is 0 Å². The van der Waals surface area contributed by atoms with E-state index < -0.39 is 17.2 Å². The van der Waals surface area contributed by atoms with Crippen molar-refractivity contribution < 1.29 is 14.3 Å². The number of halogens is 3. The van der Waals surface area contributed by atoms with Crippen molar-refractivity contribution in [3.8, 4) is 0 Å². The summed E-state index contributed by atoms with van der Waals surface area (Å²) in [5, 5.41) is 9.01. The number of carboxylic acid groups (broad SMARTS) is 1. The molecule has 5 heteroatoms. The van der Waals surface area contributed by atoms with Crippen LogP contribution in [0.25, 0.3) is 0 Å². The number of benzene rings is 1. The van der Waals surface area contributed by atoms with Crippen LogP contribution < -0.4 is 0 Å². The highest BCUT2D eigenvalue weighted by Gasteiger charge is 2.30. The molecule has 0 aliphatic carbocycles. The zero-order valence-electron chi connectivity index (χ0n) is 8.85. The lowest BCUT2D eigenvalue weighted by molar-refractivity contribution is -0.138. The molecule has 0 atom stereocenters. The van der Waals surface area contributed by atoms with Crippen LogP contribution in [0.15, 0.2) is 16.6 Å². The van der Waals surface area contributed by atoms with Gasteiger partial charge in [0.25, 0.3) is 0 Å². The molecule has 0 aliphatic heterocycles. The summed E-state index contributed by atoms with van der Waals surface area (Å²) in [7, 11) is 0. The summed E-state index contributed by atoms with van der Waals surface area (Å²) in [6, 6.07) is 2.77. The van der Waals surface area contributed by atoms with Crippen LogP contribution in [0.3, 0.4) is 0 Å². The van der Waals surface area contributed by atoms with E-state index >= 15 is 0 Å². The van der Waals surface area contributed by atoms with E-state index in [2.05, 4.69) is 15.9 Å². The Balaban J connectivity index is 3.31. The van der Waals surface area contributed by atoms with Gasteiger partial charge in [0.15, 0.2) is 0 Å². The third-order valence-corrected chi connectivity index (χ3v) is 3.60. The first kappa shape index (κ1) is 13.5. The highest BCUT2D eigenvalue weighted by Crippen LogP contribution is 2.38. The van der Waals surface area contributed by atoms with E-state index in [1.165, 1.54) is 12.1 Å². The minimum Gasteiger partial charge on any atom is -0.481 e. The van der Waals surface area contributed by atoms with Crippen LogP contribution in [-0.2, 0) is 10.2 Å².